The minimum Gasteiger partial charge on any atom is -0.385 e. The molecule has 1 aliphatic heterocycles. The molecule has 0 radical (unpaired) electrons. The molecular weight excluding hydrogens is 394 g/mol. The number of thiocarbonyl (C=S) groups is 1. The van der Waals surface area contributed by atoms with Crippen molar-refractivity contribution in [1.82, 2.24) is 9.62 Å². The summed E-state index contributed by atoms with van der Waals surface area (Å²) in [7, 11) is -1.87. The largest absolute Gasteiger partial charge is 0.385 e. The molecule has 0 aliphatic carbocycles. The maximum atomic E-state index is 13.0. The monoisotopic (exact) mass is 419 g/mol. The minimum absolute atomic E-state index is 0.288. The zero-order valence-corrected chi connectivity index (χ0v) is 17.5. The van der Waals surface area contributed by atoms with Crippen molar-refractivity contribution in [2.45, 2.75) is 24.3 Å². The van der Waals surface area contributed by atoms with Crippen molar-refractivity contribution in [3.05, 3.63) is 59.7 Å². The molecule has 28 heavy (non-hydrogen) atoms. The summed E-state index contributed by atoms with van der Waals surface area (Å²) in [4.78, 5) is 0.288. The molecule has 8 heteroatoms. The van der Waals surface area contributed by atoms with Gasteiger partial charge in [-0.25, -0.2) is 8.42 Å². The number of methoxy groups -OCH3 is 1. The van der Waals surface area contributed by atoms with Gasteiger partial charge in [-0.05, 0) is 60.5 Å². The van der Waals surface area contributed by atoms with Gasteiger partial charge in [0, 0.05) is 39.0 Å². The van der Waals surface area contributed by atoms with Crippen LogP contribution >= 0.6 is 12.2 Å². The number of hydrogen-bond donors (Lipinski definition) is 2. The van der Waals surface area contributed by atoms with Crippen LogP contribution in [0.25, 0.3) is 0 Å². The second-order valence-electron chi connectivity index (χ2n) is 6.61. The van der Waals surface area contributed by atoms with Gasteiger partial charge in [0.1, 0.15) is 0 Å². The van der Waals surface area contributed by atoms with E-state index >= 15 is 0 Å². The van der Waals surface area contributed by atoms with Crippen molar-refractivity contribution < 1.29 is 13.2 Å². The second-order valence-corrected chi connectivity index (χ2v) is 8.96. The van der Waals surface area contributed by atoms with Gasteiger partial charge in [-0.3, -0.25) is 0 Å². The summed E-state index contributed by atoms with van der Waals surface area (Å²) in [6, 6.07) is 14.7. The van der Waals surface area contributed by atoms with Gasteiger partial charge in [0.05, 0.1) is 4.90 Å². The van der Waals surface area contributed by atoms with E-state index in [1.807, 2.05) is 18.2 Å². The molecule has 0 unspecified atom stereocenters. The molecule has 0 bridgehead atoms. The lowest BCUT2D eigenvalue weighted by Crippen LogP contribution is -2.35. The Kier molecular flexibility index (Phi) is 7.01. The van der Waals surface area contributed by atoms with E-state index in [4.69, 9.17) is 17.0 Å². The van der Waals surface area contributed by atoms with Crippen LogP contribution in [0.2, 0.25) is 0 Å². The molecule has 0 fully saturated rings. The topological polar surface area (TPSA) is 70.7 Å². The standard InChI is InChI=1S/C20H25N3O3S2/c1-26-14-4-12-21-20(27)22-18-7-9-19(10-8-18)28(24,25)23-13-11-16-5-2-3-6-17(16)15-23/h2-3,5-10H,4,11-15H2,1H3,(H2,21,22,27). The molecule has 0 aromatic heterocycles. The summed E-state index contributed by atoms with van der Waals surface area (Å²) in [5, 5.41) is 6.65. The molecule has 1 heterocycles. The van der Waals surface area contributed by atoms with Crippen LogP contribution in [0.3, 0.4) is 0 Å². The number of ether oxygens (including phenoxy) is 1. The number of fused-ring (bicyclic) bond motifs is 1. The highest BCUT2D eigenvalue weighted by Crippen LogP contribution is 2.25. The maximum Gasteiger partial charge on any atom is 0.243 e. The number of sulfonamides is 1. The molecule has 0 amide bonds. The highest BCUT2D eigenvalue weighted by molar-refractivity contribution is 7.89. The zero-order valence-electron chi connectivity index (χ0n) is 15.8. The van der Waals surface area contributed by atoms with E-state index in [1.165, 1.54) is 5.56 Å². The summed E-state index contributed by atoms with van der Waals surface area (Å²) >= 11 is 5.24. The van der Waals surface area contributed by atoms with Crippen molar-refractivity contribution in [3.63, 3.8) is 0 Å². The van der Waals surface area contributed by atoms with Gasteiger partial charge < -0.3 is 15.4 Å². The summed E-state index contributed by atoms with van der Waals surface area (Å²) in [6.45, 7) is 2.29. The van der Waals surface area contributed by atoms with E-state index < -0.39 is 10.0 Å². The van der Waals surface area contributed by atoms with Crippen LogP contribution in [0.4, 0.5) is 5.69 Å². The first-order valence-electron chi connectivity index (χ1n) is 9.21. The van der Waals surface area contributed by atoms with E-state index in [9.17, 15) is 8.42 Å². The van der Waals surface area contributed by atoms with Gasteiger partial charge in [-0.1, -0.05) is 24.3 Å². The SMILES string of the molecule is COCCCNC(=S)Nc1ccc(S(=O)(=O)N2CCc3ccccc3C2)cc1. The first-order valence-corrected chi connectivity index (χ1v) is 11.1. The molecule has 0 saturated heterocycles. The van der Waals surface area contributed by atoms with Crippen molar-refractivity contribution in [1.29, 1.82) is 0 Å². The smallest absolute Gasteiger partial charge is 0.243 e. The first kappa shape index (κ1) is 20.7. The highest BCUT2D eigenvalue weighted by atomic mass is 32.2. The molecule has 150 valence electrons. The zero-order chi connectivity index (χ0) is 20.0. The van der Waals surface area contributed by atoms with Gasteiger partial charge in [0.2, 0.25) is 10.0 Å². The molecule has 2 aromatic carbocycles. The third-order valence-electron chi connectivity index (χ3n) is 4.66. The molecule has 1 aliphatic rings. The number of benzene rings is 2. The Morgan fingerprint density at radius 1 is 1.14 bits per heavy atom. The van der Waals surface area contributed by atoms with Crippen molar-refractivity contribution in [2.75, 3.05) is 32.1 Å². The van der Waals surface area contributed by atoms with Gasteiger partial charge in [-0.15, -0.1) is 0 Å². The fourth-order valence-electron chi connectivity index (χ4n) is 3.13. The van der Waals surface area contributed by atoms with Gasteiger partial charge in [-0.2, -0.15) is 4.31 Å². The highest BCUT2D eigenvalue weighted by Gasteiger charge is 2.28. The normalized spacial score (nSPS) is 14.3. The van der Waals surface area contributed by atoms with E-state index in [2.05, 4.69) is 16.7 Å². The van der Waals surface area contributed by atoms with E-state index in [1.54, 1.807) is 35.7 Å². The number of nitrogens with zero attached hydrogens (tertiary/aromatic N) is 1. The van der Waals surface area contributed by atoms with Crippen LogP contribution in [-0.2, 0) is 27.7 Å². The Morgan fingerprint density at radius 2 is 1.86 bits per heavy atom. The van der Waals surface area contributed by atoms with Crippen molar-refractivity contribution >= 4 is 33.0 Å². The Balaban J connectivity index is 1.62. The molecule has 2 N–H and O–H groups in total. The quantitative estimate of drug-likeness (QED) is 0.531. The number of nitrogens with one attached hydrogen (secondary N) is 2. The number of rotatable bonds is 7. The van der Waals surface area contributed by atoms with Gasteiger partial charge in [0.25, 0.3) is 0 Å². The maximum absolute atomic E-state index is 13.0. The van der Waals surface area contributed by atoms with Crippen LogP contribution in [0.1, 0.15) is 17.5 Å². The third-order valence-corrected chi connectivity index (χ3v) is 6.76. The molecule has 3 rings (SSSR count). The second kappa shape index (κ2) is 9.47. The Hall–Kier alpha value is -2.00. The van der Waals surface area contributed by atoms with Crippen molar-refractivity contribution in [2.24, 2.45) is 0 Å². The van der Waals surface area contributed by atoms with Crippen LogP contribution in [-0.4, -0.2) is 44.6 Å². The lowest BCUT2D eigenvalue weighted by atomic mass is 10.0. The Bertz CT molecular complexity index is 915. The number of hydrogen-bond acceptors (Lipinski definition) is 4. The van der Waals surface area contributed by atoms with E-state index in [0.717, 1.165) is 24.1 Å². The summed E-state index contributed by atoms with van der Waals surface area (Å²) < 4.78 is 32.5. The van der Waals surface area contributed by atoms with Crippen molar-refractivity contribution in [3.8, 4) is 0 Å². The minimum atomic E-state index is -3.53. The lowest BCUT2D eigenvalue weighted by molar-refractivity contribution is 0.196. The number of anilines is 1. The van der Waals surface area contributed by atoms with Crippen LogP contribution in [0.5, 0.6) is 0 Å². The molecule has 0 saturated carbocycles. The molecule has 0 spiro atoms. The third kappa shape index (κ3) is 5.08. The fraction of sp³-hybridized carbons (Fsp3) is 0.350. The van der Waals surface area contributed by atoms with Gasteiger partial charge in [0.15, 0.2) is 5.11 Å². The molecule has 0 atom stereocenters. The first-order chi connectivity index (χ1) is 13.5. The average molecular weight is 420 g/mol. The fourth-order valence-corrected chi connectivity index (χ4v) is 4.77. The van der Waals surface area contributed by atoms with Crippen LogP contribution in [0.15, 0.2) is 53.4 Å². The average Bonchev–Trinajstić information content (AvgIpc) is 2.71. The van der Waals surface area contributed by atoms with Crippen LogP contribution < -0.4 is 10.6 Å². The lowest BCUT2D eigenvalue weighted by Gasteiger charge is -2.28. The summed E-state index contributed by atoms with van der Waals surface area (Å²) in [6.07, 6.45) is 1.59. The van der Waals surface area contributed by atoms with Gasteiger partial charge >= 0.3 is 0 Å². The van der Waals surface area contributed by atoms with E-state index in [0.29, 0.717) is 31.4 Å². The Morgan fingerprint density at radius 3 is 2.57 bits per heavy atom. The van der Waals surface area contributed by atoms with Crippen LogP contribution in [0, 0.1) is 0 Å². The Labute approximate surface area is 171 Å². The molecule has 6 nitrogen and oxygen atoms in total. The predicted octanol–water partition coefficient (Wildman–Crippen LogP) is 2.76. The summed E-state index contributed by atoms with van der Waals surface area (Å²) in [5.74, 6) is 0. The summed E-state index contributed by atoms with van der Waals surface area (Å²) in [5.41, 5.74) is 3.03. The molecular formula is C20H25N3O3S2. The molecule has 2 aromatic rings. The predicted molar refractivity (Wildman–Crippen MR) is 115 cm³/mol. The van der Waals surface area contributed by atoms with E-state index in [-0.39, 0.29) is 4.90 Å².